The summed E-state index contributed by atoms with van der Waals surface area (Å²) >= 11 is 0. The van der Waals surface area contributed by atoms with Gasteiger partial charge in [0.05, 0.1) is 0 Å². The number of benzene rings is 1. The van der Waals surface area contributed by atoms with Gasteiger partial charge in [0.15, 0.2) is 0 Å². The van der Waals surface area contributed by atoms with Crippen LogP contribution < -0.4 is 11.3 Å². The van der Waals surface area contributed by atoms with Crippen molar-refractivity contribution in [3.8, 4) is 0 Å². The Kier molecular flexibility index (Phi) is 3.51. The molecule has 0 saturated carbocycles. The largest absolute Gasteiger partial charge is 0.337 e. The van der Waals surface area contributed by atoms with E-state index in [1.54, 1.807) is 0 Å². The van der Waals surface area contributed by atoms with Gasteiger partial charge in [0, 0.05) is 18.5 Å². The van der Waals surface area contributed by atoms with E-state index in [4.69, 9.17) is 5.84 Å². The molecular formula is C16H20N4O. The minimum atomic E-state index is -0.0200. The molecule has 1 aromatic heterocycles. The van der Waals surface area contributed by atoms with E-state index in [0.717, 1.165) is 23.9 Å². The van der Waals surface area contributed by atoms with Crippen molar-refractivity contribution in [2.75, 3.05) is 18.5 Å². The molecule has 2 atom stereocenters. The zero-order chi connectivity index (χ0) is 15.0. The van der Waals surface area contributed by atoms with Gasteiger partial charge in [-0.2, -0.15) is 0 Å². The molecule has 0 bridgehead atoms. The number of hydrazine groups is 1. The van der Waals surface area contributed by atoms with Crippen molar-refractivity contribution in [1.29, 1.82) is 0 Å². The first-order valence-electron chi connectivity index (χ1n) is 7.26. The lowest BCUT2D eigenvalue weighted by atomic mass is 10.0. The summed E-state index contributed by atoms with van der Waals surface area (Å²) in [5.74, 6) is 7.12. The highest BCUT2D eigenvalue weighted by atomic mass is 16.2. The summed E-state index contributed by atoms with van der Waals surface area (Å²) in [5.41, 5.74) is 3.04. The minimum Gasteiger partial charge on any atom is -0.337 e. The number of rotatable bonds is 2. The highest BCUT2D eigenvalue weighted by Gasteiger charge is 2.30. The standard InChI is InChI=1S/C16H20N4O/c1-10-8-20(9-11(10)2)16(21)14-7-12-5-3-4-6-13(12)15(18-14)19-17/h3-7,10-11H,8-9,17H2,1-2H3,(H,18,19). The zero-order valence-corrected chi connectivity index (χ0v) is 12.3. The lowest BCUT2D eigenvalue weighted by Gasteiger charge is -2.16. The van der Waals surface area contributed by atoms with E-state index in [2.05, 4.69) is 24.3 Å². The molecule has 0 spiro atoms. The Morgan fingerprint density at radius 3 is 2.62 bits per heavy atom. The van der Waals surface area contributed by atoms with Crippen molar-refractivity contribution >= 4 is 22.5 Å². The number of nitrogen functional groups attached to an aromatic ring is 1. The summed E-state index contributed by atoms with van der Waals surface area (Å²) in [6.45, 7) is 5.94. The lowest BCUT2D eigenvalue weighted by Crippen LogP contribution is -2.30. The number of hydrogen-bond acceptors (Lipinski definition) is 4. The molecular weight excluding hydrogens is 264 g/mol. The SMILES string of the molecule is CC1CN(C(=O)c2cc3ccccc3c(NN)n2)CC1C. The second-order valence-corrected chi connectivity index (χ2v) is 5.89. The van der Waals surface area contributed by atoms with E-state index in [-0.39, 0.29) is 5.91 Å². The lowest BCUT2D eigenvalue weighted by molar-refractivity contribution is 0.0779. The molecule has 2 unspecified atom stereocenters. The molecule has 1 aromatic carbocycles. The number of nitrogens with two attached hydrogens (primary N) is 1. The Bertz CT molecular complexity index is 675. The predicted octanol–water partition coefficient (Wildman–Crippen LogP) is 2.25. The number of anilines is 1. The molecule has 3 N–H and O–H groups in total. The molecule has 21 heavy (non-hydrogen) atoms. The fourth-order valence-corrected chi connectivity index (χ4v) is 2.88. The smallest absolute Gasteiger partial charge is 0.272 e. The number of aromatic nitrogens is 1. The van der Waals surface area contributed by atoms with Crippen molar-refractivity contribution in [3.05, 3.63) is 36.0 Å². The third-order valence-electron chi connectivity index (χ3n) is 4.37. The number of amides is 1. The zero-order valence-electron chi connectivity index (χ0n) is 12.3. The predicted molar refractivity (Wildman–Crippen MR) is 83.8 cm³/mol. The molecule has 3 rings (SSSR count). The molecule has 2 heterocycles. The second-order valence-electron chi connectivity index (χ2n) is 5.89. The molecule has 1 amide bonds. The first-order chi connectivity index (χ1) is 10.1. The van der Waals surface area contributed by atoms with Gasteiger partial charge in [-0.3, -0.25) is 4.79 Å². The third-order valence-corrected chi connectivity index (χ3v) is 4.37. The van der Waals surface area contributed by atoms with Crippen molar-refractivity contribution < 1.29 is 4.79 Å². The Labute approximate surface area is 124 Å². The number of pyridine rings is 1. The van der Waals surface area contributed by atoms with Crippen LogP contribution in [0.15, 0.2) is 30.3 Å². The third kappa shape index (κ3) is 2.45. The molecule has 2 aromatic rings. The van der Waals surface area contributed by atoms with E-state index >= 15 is 0 Å². The number of carbonyl (C=O) groups excluding carboxylic acids is 1. The van der Waals surface area contributed by atoms with Gasteiger partial charge in [0.2, 0.25) is 0 Å². The normalized spacial score (nSPS) is 21.8. The van der Waals surface area contributed by atoms with Crippen LogP contribution in [-0.4, -0.2) is 28.9 Å². The number of carbonyl (C=O) groups is 1. The molecule has 5 nitrogen and oxygen atoms in total. The van der Waals surface area contributed by atoms with Crippen LogP contribution >= 0.6 is 0 Å². The van der Waals surface area contributed by atoms with Crippen molar-refractivity contribution in [2.45, 2.75) is 13.8 Å². The molecule has 1 fully saturated rings. The highest BCUT2D eigenvalue weighted by Crippen LogP contribution is 2.26. The molecule has 1 aliphatic rings. The fraction of sp³-hybridized carbons (Fsp3) is 0.375. The summed E-state index contributed by atoms with van der Waals surface area (Å²) in [7, 11) is 0. The number of likely N-dealkylation sites (tertiary alicyclic amines) is 1. The van der Waals surface area contributed by atoms with Crippen LogP contribution in [0.3, 0.4) is 0 Å². The van der Waals surface area contributed by atoms with Gasteiger partial charge >= 0.3 is 0 Å². The van der Waals surface area contributed by atoms with Crippen LogP contribution in [0.1, 0.15) is 24.3 Å². The Balaban J connectivity index is 1.99. The van der Waals surface area contributed by atoms with Gasteiger partial charge in [-0.1, -0.05) is 38.1 Å². The average molecular weight is 284 g/mol. The van der Waals surface area contributed by atoms with Gasteiger partial charge in [-0.15, -0.1) is 0 Å². The van der Waals surface area contributed by atoms with E-state index in [1.165, 1.54) is 0 Å². The van der Waals surface area contributed by atoms with E-state index < -0.39 is 0 Å². The molecule has 1 saturated heterocycles. The summed E-state index contributed by atoms with van der Waals surface area (Å²) in [6, 6.07) is 9.61. The highest BCUT2D eigenvalue weighted by molar-refractivity contribution is 6.00. The van der Waals surface area contributed by atoms with Crippen molar-refractivity contribution in [3.63, 3.8) is 0 Å². The van der Waals surface area contributed by atoms with Crippen LogP contribution in [0, 0.1) is 11.8 Å². The minimum absolute atomic E-state index is 0.0200. The second kappa shape index (κ2) is 5.33. The number of nitrogens with one attached hydrogen (secondary N) is 1. The molecule has 110 valence electrons. The van der Waals surface area contributed by atoms with Crippen LogP contribution in [0.4, 0.5) is 5.82 Å². The average Bonchev–Trinajstić information content (AvgIpc) is 2.84. The maximum Gasteiger partial charge on any atom is 0.272 e. The van der Waals surface area contributed by atoms with Crippen LogP contribution in [0.5, 0.6) is 0 Å². The van der Waals surface area contributed by atoms with Crippen LogP contribution in [-0.2, 0) is 0 Å². The monoisotopic (exact) mass is 284 g/mol. The molecule has 0 radical (unpaired) electrons. The van der Waals surface area contributed by atoms with E-state index in [0.29, 0.717) is 23.3 Å². The molecule has 0 aliphatic carbocycles. The summed E-state index contributed by atoms with van der Waals surface area (Å²) in [6.07, 6.45) is 0. The first kappa shape index (κ1) is 13.8. The maximum atomic E-state index is 12.6. The fourth-order valence-electron chi connectivity index (χ4n) is 2.88. The summed E-state index contributed by atoms with van der Waals surface area (Å²) < 4.78 is 0. The summed E-state index contributed by atoms with van der Waals surface area (Å²) in [5, 5.41) is 1.88. The van der Waals surface area contributed by atoms with Gasteiger partial charge in [-0.05, 0) is 23.3 Å². The Morgan fingerprint density at radius 1 is 1.29 bits per heavy atom. The van der Waals surface area contributed by atoms with Crippen LogP contribution in [0.25, 0.3) is 10.8 Å². The van der Waals surface area contributed by atoms with Gasteiger partial charge < -0.3 is 10.3 Å². The number of fused-ring (bicyclic) bond motifs is 1. The topological polar surface area (TPSA) is 71.2 Å². The van der Waals surface area contributed by atoms with E-state index in [9.17, 15) is 4.79 Å². The Morgan fingerprint density at radius 2 is 1.95 bits per heavy atom. The first-order valence-corrected chi connectivity index (χ1v) is 7.26. The summed E-state index contributed by atoms with van der Waals surface area (Å²) in [4.78, 5) is 18.9. The number of hydrogen-bond donors (Lipinski definition) is 2. The quantitative estimate of drug-likeness (QED) is 0.655. The van der Waals surface area contributed by atoms with Crippen molar-refractivity contribution in [1.82, 2.24) is 9.88 Å². The van der Waals surface area contributed by atoms with Crippen LogP contribution in [0.2, 0.25) is 0 Å². The maximum absolute atomic E-state index is 12.6. The van der Waals surface area contributed by atoms with Crippen molar-refractivity contribution in [2.24, 2.45) is 17.7 Å². The molecule has 5 heteroatoms. The van der Waals surface area contributed by atoms with E-state index in [1.807, 2.05) is 35.2 Å². The Hall–Kier alpha value is -2.14. The van der Waals surface area contributed by atoms with Gasteiger partial charge in [0.1, 0.15) is 11.5 Å². The van der Waals surface area contributed by atoms with Gasteiger partial charge in [-0.25, -0.2) is 10.8 Å². The number of nitrogens with zero attached hydrogens (tertiary/aromatic N) is 2. The molecule has 1 aliphatic heterocycles. The van der Waals surface area contributed by atoms with Gasteiger partial charge in [0.25, 0.3) is 5.91 Å².